The van der Waals surface area contributed by atoms with Gasteiger partial charge in [-0.1, -0.05) is 19.1 Å². The molecule has 0 aliphatic carbocycles. The van der Waals surface area contributed by atoms with Crippen LogP contribution in [0.1, 0.15) is 26.2 Å². The van der Waals surface area contributed by atoms with E-state index < -0.39 is 9.84 Å². The highest BCUT2D eigenvalue weighted by Crippen LogP contribution is 2.24. The molecule has 2 rings (SSSR count). The second-order valence-corrected chi connectivity index (χ2v) is 6.95. The van der Waals surface area contributed by atoms with Gasteiger partial charge in [-0.05, 0) is 31.4 Å². The Kier molecular flexibility index (Phi) is 4.82. The Bertz CT molecular complexity index is 507. The molecule has 1 unspecified atom stereocenters. The zero-order valence-electron chi connectivity index (χ0n) is 11.3. The van der Waals surface area contributed by atoms with Gasteiger partial charge in [-0.25, -0.2) is 8.42 Å². The number of ether oxygens (including phenoxy) is 1. The Morgan fingerprint density at radius 2 is 2.16 bits per heavy atom. The number of hydrogen-bond donors (Lipinski definition) is 1. The minimum absolute atomic E-state index is 0.187. The molecule has 0 aromatic heterocycles. The lowest BCUT2D eigenvalue weighted by atomic mass is 10.1. The second kappa shape index (κ2) is 6.39. The van der Waals surface area contributed by atoms with Crippen molar-refractivity contribution in [1.29, 1.82) is 0 Å². The van der Waals surface area contributed by atoms with E-state index in [2.05, 4.69) is 5.32 Å². The van der Waals surface area contributed by atoms with Crippen molar-refractivity contribution in [3.63, 3.8) is 0 Å². The van der Waals surface area contributed by atoms with Crippen LogP contribution in [0.2, 0.25) is 0 Å². The average Bonchev–Trinajstić information content (AvgIpc) is 2.40. The first kappa shape index (κ1) is 14.3. The third-order valence-corrected chi connectivity index (χ3v) is 5.19. The van der Waals surface area contributed by atoms with Crippen LogP contribution in [0.15, 0.2) is 29.2 Å². The molecule has 0 bridgehead atoms. The fraction of sp³-hybridized carbons (Fsp3) is 0.571. The van der Waals surface area contributed by atoms with E-state index in [0.29, 0.717) is 23.6 Å². The molecule has 1 N–H and O–H groups in total. The molecule has 0 saturated carbocycles. The number of sulfone groups is 1. The second-order valence-electron chi connectivity index (χ2n) is 4.87. The van der Waals surface area contributed by atoms with Gasteiger partial charge < -0.3 is 10.1 Å². The number of rotatable bonds is 5. The van der Waals surface area contributed by atoms with Crippen LogP contribution < -0.4 is 5.32 Å². The highest BCUT2D eigenvalue weighted by Gasteiger charge is 2.20. The van der Waals surface area contributed by atoms with Gasteiger partial charge in [0, 0.05) is 12.6 Å². The number of para-hydroxylation sites is 1. The molecular weight excluding hydrogens is 262 g/mol. The van der Waals surface area contributed by atoms with Gasteiger partial charge in [0.15, 0.2) is 9.84 Å². The van der Waals surface area contributed by atoms with Crippen LogP contribution in [0, 0.1) is 0 Å². The predicted octanol–water partition coefficient (Wildman–Crippen LogP) is 2.46. The largest absolute Gasteiger partial charge is 0.379 e. The van der Waals surface area contributed by atoms with Crippen molar-refractivity contribution >= 4 is 15.5 Å². The summed E-state index contributed by atoms with van der Waals surface area (Å²) in [5.41, 5.74) is 0.700. The van der Waals surface area contributed by atoms with Crippen molar-refractivity contribution in [3.8, 4) is 0 Å². The van der Waals surface area contributed by atoms with Gasteiger partial charge in [-0.3, -0.25) is 0 Å². The van der Waals surface area contributed by atoms with Crippen molar-refractivity contribution in [2.24, 2.45) is 0 Å². The smallest absolute Gasteiger partial charge is 0.180 e. The van der Waals surface area contributed by atoms with E-state index in [9.17, 15) is 8.42 Å². The minimum atomic E-state index is -3.20. The summed E-state index contributed by atoms with van der Waals surface area (Å²) in [5, 5.41) is 3.31. The third-order valence-electron chi connectivity index (χ3n) is 3.21. The molecule has 106 valence electrons. The molecule has 1 aromatic rings. The van der Waals surface area contributed by atoms with E-state index in [4.69, 9.17) is 4.74 Å². The van der Waals surface area contributed by atoms with E-state index in [-0.39, 0.29) is 11.8 Å². The molecular formula is C14H21NO3S. The molecule has 1 fully saturated rings. The van der Waals surface area contributed by atoms with Crippen molar-refractivity contribution in [3.05, 3.63) is 24.3 Å². The molecule has 5 heteroatoms. The van der Waals surface area contributed by atoms with Crippen molar-refractivity contribution in [2.75, 3.05) is 24.3 Å². The minimum Gasteiger partial charge on any atom is -0.379 e. The number of benzene rings is 1. The molecule has 0 amide bonds. The molecule has 1 saturated heterocycles. The lowest BCUT2D eigenvalue weighted by Crippen LogP contribution is -2.30. The number of hydrogen-bond acceptors (Lipinski definition) is 4. The molecule has 1 aromatic carbocycles. The van der Waals surface area contributed by atoms with Gasteiger partial charge in [-0.2, -0.15) is 0 Å². The van der Waals surface area contributed by atoms with Gasteiger partial charge in [0.05, 0.1) is 22.9 Å². The van der Waals surface area contributed by atoms with E-state index in [0.717, 1.165) is 19.4 Å². The average molecular weight is 283 g/mol. The summed E-state index contributed by atoms with van der Waals surface area (Å²) in [5.74, 6) is 0.187. The summed E-state index contributed by atoms with van der Waals surface area (Å²) < 4.78 is 29.9. The summed E-state index contributed by atoms with van der Waals surface area (Å²) >= 11 is 0. The Hall–Kier alpha value is -1.07. The lowest BCUT2D eigenvalue weighted by molar-refractivity contribution is 0.0875. The first-order valence-corrected chi connectivity index (χ1v) is 8.45. The SMILES string of the molecule is CCCS(=O)(=O)c1ccccc1NC1CCCOC1. The van der Waals surface area contributed by atoms with Crippen LogP contribution in [-0.2, 0) is 14.6 Å². The van der Waals surface area contributed by atoms with Gasteiger partial charge >= 0.3 is 0 Å². The summed E-state index contributed by atoms with van der Waals surface area (Å²) in [6.07, 6.45) is 2.66. The number of anilines is 1. The normalized spacial score (nSPS) is 20.2. The van der Waals surface area contributed by atoms with Gasteiger partial charge in [0.2, 0.25) is 0 Å². The molecule has 1 aliphatic heterocycles. The summed E-state index contributed by atoms with van der Waals surface area (Å²) in [4.78, 5) is 0.405. The van der Waals surface area contributed by atoms with E-state index in [1.807, 2.05) is 19.1 Å². The van der Waals surface area contributed by atoms with Gasteiger partial charge in [0.25, 0.3) is 0 Å². The maximum Gasteiger partial charge on any atom is 0.180 e. The highest BCUT2D eigenvalue weighted by atomic mass is 32.2. The monoisotopic (exact) mass is 283 g/mol. The lowest BCUT2D eigenvalue weighted by Gasteiger charge is -2.25. The summed E-state index contributed by atoms with van der Waals surface area (Å²) in [6.45, 7) is 3.32. The van der Waals surface area contributed by atoms with Crippen molar-refractivity contribution < 1.29 is 13.2 Å². The molecule has 0 radical (unpaired) electrons. The Balaban J connectivity index is 2.20. The standard InChI is InChI=1S/C14H21NO3S/c1-2-10-19(16,17)14-8-4-3-7-13(14)15-12-6-5-9-18-11-12/h3-4,7-8,12,15H,2,5-6,9-11H2,1H3. The molecule has 19 heavy (non-hydrogen) atoms. The maximum atomic E-state index is 12.2. The van der Waals surface area contributed by atoms with Gasteiger partial charge in [-0.15, -0.1) is 0 Å². The third kappa shape index (κ3) is 3.70. The molecule has 1 aliphatic rings. The maximum absolute atomic E-state index is 12.2. The zero-order valence-corrected chi connectivity index (χ0v) is 12.1. The number of nitrogens with one attached hydrogen (secondary N) is 1. The Labute approximate surface area is 115 Å². The van der Waals surface area contributed by atoms with Crippen LogP contribution in [0.25, 0.3) is 0 Å². The topological polar surface area (TPSA) is 55.4 Å². The van der Waals surface area contributed by atoms with Crippen LogP contribution in [-0.4, -0.2) is 33.4 Å². The fourth-order valence-electron chi connectivity index (χ4n) is 2.31. The molecule has 0 spiro atoms. The quantitative estimate of drug-likeness (QED) is 0.902. The van der Waals surface area contributed by atoms with Crippen LogP contribution in [0.4, 0.5) is 5.69 Å². The van der Waals surface area contributed by atoms with E-state index in [1.54, 1.807) is 12.1 Å². The Morgan fingerprint density at radius 3 is 2.84 bits per heavy atom. The molecule has 4 nitrogen and oxygen atoms in total. The highest BCUT2D eigenvalue weighted by molar-refractivity contribution is 7.91. The predicted molar refractivity (Wildman–Crippen MR) is 76.2 cm³/mol. The molecule has 1 heterocycles. The zero-order chi connectivity index (χ0) is 13.7. The van der Waals surface area contributed by atoms with E-state index in [1.165, 1.54) is 0 Å². The summed E-state index contributed by atoms with van der Waals surface area (Å²) in [7, 11) is -3.20. The van der Waals surface area contributed by atoms with Crippen LogP contribution in [0.3, 0.4) is 0 Å². The fourth-order valence-corrected chi connectivity index (χ4v) is 3.82. The van der Waals surface area contributed by atoms with Crippen LogP contribution >= 0.6 is 0 Å². The first-order chi connectivity index (χ1) is 9.13. The molecule has 1 atom stereocenters. The van der Waals surface area contributed by atoms with Crippen molar-refractivity contribution in [2.45, 2.75) is 37.1 Å². The van der Waals surface area contributed by atoms with E-state index >= 15 is 0 Å². The van der Waals surface area contributed by atoms with Crippen molar-refractivity contribution in [1.82, 2.24) is 0 Å². The first-order valence-electron chi connectivity index (χ1n) is 6.79. The summed E-state index contributed by atoms with van der Waals surface area (Å²) in [6, 6.07) is 7.34. The van der Waals surface area contributed by atoms with Crippen LogP contribution in [0.5, 0.6) is 0 Å². The Morgan fingerprint density at radius 1 is 1.37 bits per heavy atom. The van der Waals surface area contributed by atoms with Gasteiger partial charge in [0.1, 0.15) is 0 Å².